The minimum Gasteiger partial charge on any atom is -0.356 e. The molecule has 0 fully saturated rings. The van der Waals surface area contributed by atoms with Crippen LogP contribution in [0.4, 0.5) is 0 Å². The molecule has 1 aromatic rings. The Labute approximate surface area is 144 Å². The van der Waals surface area contributed by atoms with Gasteiger partial charge in [0.25, 0.3) is 0 Å². The van der Waals surface area contributed by atoms with Gasteiger partial charge >= 0.3 is 0 Å². The second kappa shape index (κ2) is 8.68. The molecule has 0 bridgehead atoms. The van der Waals surface area contributed by atoms with Crippen LogP contribution >= 0.6 is 11.3 Å². The van der Waals surface area contributed by atoms with Crippen LogP contribution in [-0.4, -0.2) is 46.5 Å². The monoisotopic (exact) mass is 359 g/mol. The molecule has 132 valence electrons. The van der Waals surface area contributed by atoms with E-state index >= 15 is 0 Å². The van der Waals surface area contributed by atoms with Crippen LogP contribution in [0.3, 0.4) is 0 Å². The minimum atomic E-state index is -2.92. The lowest BCUT2D eigenvalue weighted by molar-refractivity contribution is 0.348. The van der Waals surface area contributed by atoms with E-state index in [0.29, 0.717) is 18.9 Å². The van der Waals surface area contributed by atoms with Crippen molar-refractivity contribution in [3.05, 3.63) is 22.4 Å². The van der Waals surface area contributed by atoms with Gasteiger partial charge in [0.15, 0.2) is 5.96 Å². The molecule has 0 aromatic carbocycles. The number of thiophene rings is 1. The highest BCUT2D eigenvalue weighted by atomic mass is 32.2. The maximum atomic E-state index is 11.3. The summed E-state index contributed by atoms with van der Waals surface area (Å²) in [5.74, 6) is 1.39. The molecule has 1 atom stereocenters. The maximum Gasteiger partial charge on any atom is 0.191 e. The molecule has 5 nitrogen and oxygen atoms in total. The Hall–Kier alpha value is -1.08. The normalized spacial score (nSPS) is 14.6. The molecule has 1 heterocycles. The fourth-order valence-electron chi connectivity index (χ4n) is 2.02. The Morgan fingerprint density at radius 3 is 2.61 bits per heavy atom. The molecule has 1 unspecified atom stereocenters. The zero-order chi connectivity index (χ0) is 17.5. The molecule has 0 spiro atoms. The van der Waals surface area contributed by atoms with Gasteiger partial charge in [-0.2, -0.15) is 0 Å². The second-order valence-corrected chi connectivity index (χ2v) is 10.0. The Morgan fingerprint density at radius 2 is 2.09 bits per heavy atom. The van der Waals surface area contributed by atoms with Gasteiger partial charge in [-0.15, -0.1) is 11.3 Å². The molecule has 0 radical (unpaired) electrons. The fraction of sp³-hybridized carbons (Fsp3) is 0.688. The van der Waals surface area contributed by atoms with Crippen molar-refractivity contribution >= 4 is 27.1 Å². The Balaban J connectivity index is 2.41. The largest absolute Gasteiger partial charge is 0.356 e. The third kappa shape index (κ3) is 8.37. The fourth-order valence-corrected chi connectivity index (χ4v) is 3.73. The van der Waals surface area contributed by atoms with Crippen molar-refractivity contribution < 1.29 is 8.42 Å². The van der Waals surface area contributed by atoms with E-state index in [4.69, 9.17) is 0 Å². The van der Waals surface area contributed by atoms with Crippen LogP contribution in [-0.2, 0) is 9.84 Å². The summed E-state index contributed by atoms with van der Waals surface area (Å²) in [6.07, 6.45) is 1.91. The number of aliphatic imine (C=N–C) groups is 1. The topological polar surface area (TPSA) is 70.6 Å². The molecule has 1 rings (SSSR count). The van der Waals surface area contributed by atoms with Gasteiger partial charge in [-0.3, -0.25) is 4.99 Å². The summed E-state index contributed by atoms with van der Waals surface area (Å²) < 4.78 is 22.6. The summed E-state index contributed by atoms with van der Waals surface area (Å²) >= 11 is 1.76. The summed E-state index contributed by atoms with van der Waals surface area (Å²) in [6.45, 7) is 7.79. The van der Waals surface area contributed by atoms with Crippen molar-refractivity contribution in [1.82, 2.24) is 10.6 Å². The van der Waals surface area contributed by atoms with Crippen LogP contribution < -0.4 is 10.6 Å². The number of nitrogens with zero attached hydrogens (tertiary/aromatic N) is 1. The van der Waals surface area contributed by atoms with Gasteiger partial charge in [0.1, 0.15) is 9.84 Å². The van der Waals surface area contributed by atoms with E-state index in [1.807, 2.05) is 0 Å². The highest BCUT2D eigenvalue weighted by Crippen LogP contribution is 2.20. The van der Waals surface area contributed by atoms with Crippen molar-refractivity contribution in [1.29, 1.82) is 0 Å². The standard InChI is InChI=1S/C16H29N3O2S2/c1-13(14-7-6-9-22-14)11-18-15(17-4)19-12-16(2,3)8-10-23(5,20)21/h6-7,9,13H,8,10-12H2,1-5H3,(H2,17,18,19). The number of rotatable bonds is 8. The quantitative estimate of drug-likeness (QED) is 0.553. The zero-order valence-electron chi connectivity index (χ0n) is 14.7. The smallest absolute Gasteiger partial charge is 0.191 e. The van der Waals surface area contributed by atoms with Crippen molar-refractivity contribution in [3.8, 4) is 0 Å². The van der Waals surface area contributed by atoms with Crippen molar-refractivity contribution in [2.24, 2.45) is 10.4 Å². The summed E-state index contributed by atoms with van der Waals surface area (Å²) in [4.78, 5) is 5.58. The lowest BCUT2D eigenvalue weighted by atomic mass is 9.90. The molecule has 0 saturated carbocycles. The summed E-state index contributed by atoms with van der Waals surface area (Å²) in [5, 5.41) is 8.71. The molecular weight excluding hydrogens is 330 g/mol. The number of hydrogen-bond acceptors (Lipinski definition) is 4. The Morgan fingerprint density at radius 1 is 1.39 bits per heavy atom. The zero-order valence-corrected chi connectivity index (χ0v) is 16.4. The number of sulfone groups is 1. The van der Waals surface area contributed by atoms with Crippen molar-refractivity contribution in [3.63, 3.8) is 0 Å². The molecule has 0 aliphatic rings. The third-order valence-corrected chi connectivity index (χ3v) is 5.76. The number of guanidine groups is 1. The van der Waals surface area contributed by atoms with Crippen LogP contribution in [0.25, 0.3) is 0 Å². The second-order valence-electron chi connectivity index (χ2n) is 6.77. The average molecular weight is 360 g/mol. The summed E-state index contributed by atoms with van der Waals surface area (Å²) in [6, 6.07) is 4.20. The molecule has 0 aliphatic heterocycles. The molecule has 7 heteroatoms. The highest BCUT2D eigenvalue weighted by molar-refractivity contribution is 7.90. The summed E-state index contributed by atoms with van der Waals surface area (Å²) in [5.41, 5.74) is -0.111. The molecule has 0 aliphatic carbocycles. The lowest BCUT2D eigenvalue weighted by Crippen LogP contribution is -2.43. The first-order valence-electron chi connectivity index (χ1n) is 7.78. The van der Waals surface area contributed by atoms with Crippen LogP contribution in [0.2, 0.25) is 0 Å². The van der Waals surface area contributed by atoms with Gasteiger partial charge in [-0.1, -0.05) is 26.8 Å². The lowest BCUT2D eigenvalue weighted by Gasteiger charge is -2.26. The Bertz CT molecular complexity index is 593. The van der Waals surface area contributed by atoms with Crippen LogP contribution in [0.15, 0.2) is 22.5 Å². The first kappa shape index (κ1) is 20.0. The van der Waals surface area contributed by atoms with Gasteiger partial charge in [-0.05, 0) is 23.3 Å². The average Bonchev–Trinajstić information content (AvgIpc) is 2.99. The predicted octanol–water partition coefficient (Wildman–Crippen LogP) is 2.48. The van der Waals surface area contributed by atoms with Gasteiger partial charge in [0.05, 0.1) is 5.75 Å². The van der Waals surface area contributed by atoms with Crippen LogP contribution in [0, 0.1) is 5.41 Å². The first-order valence-corrected chi connectivity index (χ1v) is 10.7. The summed E-state index contributed by atoms with van der Waals surface area (Å²) in [7, 11) is -1.18. The van der Waals surface area contributed by atoms with Crippen molar-refractivity contribution in [2.75, 3.05) is 32.1 Å². The predicted molar refractivity (Wildman–Crippen MR) is 100 cm³/mol. The number of hydrogen-bond donors (Lipinski definition) is 2. The number of nitrogens with one attached hydrogen (secondary N) is 2. The molecule has 2 N–H and O–H groups in total. The molecular formula is C16H29N3O2S2. The Kier molecular flexibility index (Phi) is 7.54. The first-order chi connectivity index (χ1) is 10.6. The van der Waals surface area contributed by atoms with E-state index in [-0.39, 0.29) is 11.2 Å². The van der Waals surface area contributed by atoms with Gasteiger partial charge < -0.3 is 10.6 Å². The molecule has 0 amide bonds. The van der Waals surface area contributed by atoms with E-state index in [0.717, 1.165) is 12.5 Å². The van der Waals surface area contributed by atoms with Gasteiger partial charge in [0.2, 0.25) is 0 Å². The van der Waals surface area contributed by atoms with Gasteiger partial charge in [0, 0.05) is 37.2 Å². The van der Waals surface area contributed by atoms with Crippen LogP contribution in [0.1, 0.15) is 38.0 Å². The van der Waals surface area contributed by atoms with Gasteiger partial charge in [-0.25, -0.2) is 8.42 Å². The molecule has 23 heavy (non-hydrogen) atoms. The van der Waals surface area contributed by atoms with E-state index in [9.17, 15) is 8.42 Å². The van der Waals surface area contributed by atoms with Crippen molar-refractivity contribution in [2.45, 2.75) is 33.1 Å². The van der Waals surface area contributed by atoms with E-state index in [1.165, 1.54) is 11.1 Å². The highest BCUT2D eigenvalue weighted by Gasteiger charge is 2.20. The van der Waals surface area contributed by atoms with Crippen LogP contribution in [0.5, 0.6) is 0 Å². The van der Waals surface area contributed by atoms with E-state index < -0.39 is 9.84 Å². The molecule has 1 aromatic heterocycles. The maximum absolute atomic E-state index is 11.3. The molecule has 0 saturated heterocycles. The minimum absolute atomic E-state index is 0.111. The third-order valence-electron chi connectivity index (χ3n) is 3.71. The van der Waals surface area contributed by atoms with E-state index in [1.54, 1.807) is 18.4 Å². The SMILES string of the molecule is CN=C(NCC(C)c1cccs1)NCC(C)(C)CCS(C)(=O)=O. The van der Waals surface area contributed by atoms with E-state index in [2.05, 4.69) is 53.9 Å².